The molecule has 18 heavy (non-hydrogen) atoms. The summed E-state index contributed by atoms with van der Waals surface area (Å²) in [7, 11) is 0. The zero-order valence-electron chi connectivity index (χ0n) is 12.0. The first kappa shape index (κ1) is 15.8. The van der Waals surface area contributed by atoms with Gasteiger partial charge in [-0.05, 0) is 31.4 Å². The highest BCUT2D eigenvalue weighted by Gasteiger charge is 2.28. The normalized spacial score (nSPS) is 12.8. The molecule has 1 rings (SSSR count). The lowest BCUT2D eigenvalue weighted by Crippen LogP contribution is -2.94. The second-order valence-electron chi connectivity index (χ2n) is 6.83. The maximum Gasteiger partial charge on any atom is 0.105 e. The molecule has 0 saturated heterocycles. The molecular weight excluding hydrogens is 265 g/mol. The molecule has 0 atom stereocenters. The van der Waals surface area contributed by atoms with Gasteiger partial charge in [-0.15, -0.1) is 0 Å². The number of rotatable bonds is 4. The van der Waals surface area contributed by atoms with E-state index in [1.54, 1.807) is 0 Å². The Morgan fingerprint density at radius 3 is 1.94 bits per heavy atom. The predicted octanol–water partition coefficient (Wildman–Crippen LogP) is 4.27. The van der Waals surface area contributed by atoms with Crippen molar-refractivity contribution in [2.45, 2.75) is 53.1 Å². The third-order valence-corrected chi connectivity index (χ3v) is 3.61. The Bertz CT molecular complexity index is 385. The predicted molar refractivity (Wildman–Crippen MR) is 80.2 cm³/mol. The standard InChI is InChI=1S/C15H23Cl2N/c1-14(2,3)10-15(4,5)18-9-11-12(16)7-6-8-13(11)17/h6-8,18H,9-10H2,1-5H3/p+1. The highest BCUT2D eigenvalue weighted by atomic mass is 35.5. The summed E-state index contributed by atoms with van der Waals surface area (Å²) >= 11 is 12.4. The maximum absolute atomic E-state index is 6.19. The molecule has 0 aromatic heterocycles. The summed E-state index contributed by atoms with van der Waals surface area (Å²) in [5.41, 5.74) is 1.54. The zero-order chi connectivity index (χ0) is 14.0. The van der Waals surface area contributed by atoms with Gasteiger partial charge in [-0.25, -0.2) is 0 Å². The van der Waals surface area contributed by atoms with Crippen LogP contribution in [-0.4, -0.2) is 5.54 Å². The summed E-state index contributed by atoms with van der Waals surface area (Å²) in [5.74, 6) is 0. The largest absolute Gasteiger partial charge is 0.338 e. The van der Waals surface area contributed by atoms with Crippen molar-refractivity contribution in [3.05, 3.63) is 33.8 Å². The van der Waals surface area contributed by atoms with Gasteiger partial charge in [0.25, 0.3) is 0 Å². The number of hydrogen-bond donors (Lipinski definition) is 1. The molecular formula is C15H24Cl2N+. The van der Waals surface area contributed by atoms with E-state index in [2.05, 4.69) is 39.9 Å². The third kappa shape index (κ3) is 5.17. The molecule has 0 bridgehead atoms. The van der Waals surface area contributed by atoms with Crippen molar-refractivity contribution < 1.29 is 5.32 Å². The molecule has 1 aromatic rings. The van der Waals surface area contributed by atoms with Gasteiger partial charge in [0, 0.05) is 12.0 Å². The summed E-state index contributed by atoms with van der Waals surface area (Å²) in [6.45, 7) is 12.2. The number of halogens is 2. The first-order valence-corrected chi connectivity index (χ1v) is 7.14. The molecule has 0 heterocycles. The maximum atomic E-state index is 6.19. The molecule has 1 aromatic carbocycles. The van der Waals surface area contributed by atoms with E-state index in [1.165, 1.54) is 0 Å². The van der Waals surface area contributed by atoms with Crippen LogP contribution in [0.5, 0.6) is 0 Å². The number of benzene rings is 1. The fourth-order valence-electron chi connectivity index (χ4n) is 2.54. The molecule has 0 fully saturated rings. The summed E-state index contributed by atoms with van der Waals surface area (Å²) < 4.78 is 0. The lowest BCUT2D eigenvalue weighted by molar-refractivity contribution is -0.737. The van der Waals surface area contributed by atoms with Crippen LogP contribution >= 0.6 is 23.2 Å². The van der Waals surface area contributed by atoms with Gasteiger partial charge in [0.1, 0.15) is 6.54 Å². The molecule has 0 saturated carbocycles. The van der Waals surface area contributed by atoms with Crippen molar-refractivity contribution in [1.29, 1.82) is 0 Å². The van der Waals surface area contributed by atoms with E-state index in [4.69, 9.17) is 23.2 Å². The molecule has 0 radical (unpaired) electrons. The van der Waals surface area contributed by atoms with Crippen LogP contribution in [0.2, 0.25) is 10.0 Å². The minimum Gasteiger partial charge on any atom is -0.338 e. The van der Waals surface area contributed by atoms with Crippen LogP contribution in [0, 0.1) is 5.41 Å². The molecule has 102 valence electrons. The number of hydrogen-bond acceptors (Lipinski definition) is 0. The Labute approximate surface area is 121 Å². The monoisotopic (exact) mass is 288 g/mol. The average molecular weight is 289 g/mol. The smallest absolute Gasteiger partial charge is 0.105 e. The van der Waals surface area contributed by atoms with Crippen LogP contribution in [-0.2, 0) is 6.54 Å². The van der Waals surface area contributed by atoms with E-state index in [1.807, 2.05) is 18.2 Å². The van der Waals surface area contributed by atoms with Gasteiger partial charge in [0.15, 0.2) is 0 Å². The Balaban J connectivity index is 2.70. The van der Waals surface area contributed by atoms with Gasteiger partial charge in [-0.2, -0.15) is 0 Å². The molecule has 1 nitrogen and oxygen atoms in total. The molecule has 0 aliphatic carbocycles. The zero-order valence-corrected chi connectivity index (χ0v) is 13.5. The highest BCUT2D eigenvalue weighted by molar-refractivity contribution is 6.35. The molecule has 0 unspecified atom stereocenters. The van der Waals surface area contributed by atoms with Crippen LogP contribution in [0.4, 0.5) is 0 Å². The molecule has 0 spiro atoms. The quantitative estimate of drug-likeness (QED) is 0.852. The van der Waals surface area contributed by atoms with Crippen molar-refractivity contribution in [2.24, 2.45) is 5.41 Å². The van der Waals surface area contributed by atoms with E-state index < -0.39 is 0 Å². The van der Waals surface area contributed by atoms with Gasteiger partial charge in [0.05, 0.1) is 15.6 Å². The van der Waals surface area contributed by atoms with Crippen LogP contribution < -0.4 is 5.32 Å². The second-order valence-corrected chi connectivity index (χ2v) is 7.65. The minimum absolute atomic E-state index is 0.181. The van der Waals surface area contributed by atoms with Gasteiger partial charge in [0.2, 0.25) is 0 Å². The first-order valence-electron chi connectivity index (χ1n) is 6.38. The molecule has 2 N–H and O–H groups in total. The van der Waals surface area contributed by atoms with E-state index in [-0.39, 0.29) is 5.54 Å². The summed E-state index contributed by atoms with van der Waals surface area (Å²) in [5, 5.41) is 3.83. The van der Waals surface area contributed by atoms with E-state index in [0.717, 1.165) is 28.6 Å². The number of quaternary nitrogens is 1. The summed E-state index contributed by atoms with van der Waals surface area (Å²) in [4.78, 5) is 0. The van der Waals surface area contributed by atoms with Crippen LogP contribution in [0.3, 0.4) is 0 Å². The van der Waals surface area contributed by atoms with E-state index >= 15 is 0 Å². The van der Waals surface area contributed by atoms with E-state index in [0.29, 0.717) is 5.41 Å². The van der Waals surface area contributed by atoms with Gasteiger partial charge in [-0.1, -0.05) is 50.0 Å². The summed E-state index contributed by atoms with van der Waals surface area (Å²) in [6.07, 6.45) is 1.14. The van der Waals surface area contributed by atoms with Gasteiger partial charge in [-0.3, -0.25) is 0 Å². The minimum atomic E-state index is 0.181. The Morgan fingerprint density at radius 2 is 1.50 bits per heavy atom. The third-order valence-electron chi connectivity index (χ3n) is 2.91. The van der Waals surface area contributed by atoms with Crippen LogP contribution in [0.1, 0.15) is 46.6 Å². The topological polar surface area (TPSA) is 16.6 Å². The molecule has 3 heteroatoms. The molecule has 0 aliphatic heterocycles. The van der Waals surface area contributed by atoms with Crippen molar-refractivity contribution >= 4 is 23.2 Å². The molecule has 0 aliphatic rings. The van der Waals surface area contributed by atoms with E-state index in [9.17, 15) is 0 Å². The second kappa shape index (κ2) is 5.81. The highest BCUT2D eigenvalue weighted by Crippen LogP contribution is 2.26. The fourth-order valence-corrected chi connectivity index (χ4v) is 3.10. The Hall–Kier alpha value is -0.240. The van der Waals surface area contributed by atoms with Crippen LogP contribution in [0.25, 0.3) is 0 Å². The average Bonchev–Trinajstić information content (AvgIpc) is 2.12. The summed E-state index contributed by atoms with van der Waals surface area (Å²) in [6, 6.07) is 5.68. The fraction of sp³-hybridized carbons (Fsp3) is 0.600. The van der Waals surface area contributed by atoms with Crippen molar-refractivity contribution in [3.63, 3.8) is 0 Å². The Morgan fingerprint density at radius 1 is 1.00 bits per heavy atom. The number of nitrogens with two attached hydrogens (primary N) is 1. The van der Waals surface area contributed by atoms with Gasteiger partial charge >= 0.3 is 0 Å². The van der Waals surface area contributed by atoms with Crippen molar-refractivity contribution in [2.75, 3.05) is 0 Å². The van der Waals surface area contributed by atoms with Gasteiger partial charge < -0.3 is 5.32 Å². The molecule has 0 amide bonds. The lowest BCUT2D eigenvalue weighted by Gasteiger charge is -2.30. The first-order chi connectivity index (χ1) is 8.11. The van der Waals surface area contributed by atoms with Crippen LogP contribution in [0.15, 0.2) is 18.2 Å². The van der Waals surface area contributed by atoms with Crippen molar-refractivity contribution in [3.8, 4) is 0 Å². The SMILES string of the molecule is CC(C)(C)CC(C)(C)[NH2+]Cc1c(Cl)cccc1Cl. The van der Waals surface area contributed by atoms with Crippen molar-refractivity contribution in [1.82, 2.24) is 0 Å². The lowest BCUT2D eigenvalue weighted by atomic mass is 9.82. The Kier molecular flexibility index (Phi) is 5.11.